The molecule has 2 nitrogen and oxygen atoms in total. The van der Waals surface area contributed by atoms with E-state index in [1.807, 2.05) is 0 Å². The highest BCUT2D eigenvalue weighted by molar-refractivity contribution is 7.00. The molecule has 0 spiro atoms. The van der Waals surface area contributed by atoms with Crippen LogP contribution in [0.3, 0.4) is 0 Å². The number of hydrogen-bond acceptors (Lipinski definition) is 1. The summed E-state index contributed by atoms with van der Waals surface area (Å²) in [5, 5.41) is 11.8. The zero-order valence-corrected chi connectivity index (χ0v) is 19.4. The molecule has 0 fully saturated rings. The summed E-state index contributed by atoms with van der Waals surface area (Å²) < 4.78 is 2.20. The van der Waals surface area contributed by atoms with Crippen LogP contribution in [0, 0.1) is 0 Å². The van der Waals surface area contributed by atoms with Crippen LogP contribution in [0.4, 0.5) is 0 Å². The average molecular weight is 454 g/mol. The van der Waals surface area contributed by atoms with Gasteiger partial charge >= 0.3 is 0 Å². The third-order valence-electron chi connectivity index (χ3n) is 8.21. The molecule has 9 rings (SSSR count). The van der Waals surface area contributed by atoms with E-state index in [9.17, 15) is 0 Å². The van der Waals surface area contributed by atoms with E-state index in [4.69, 9.17) is 5.10 Å². The van der Waals surface area contributed by atoms with Crippen molar-refractivity contribution >= 4 is 55.5 Å². The van der Waals surface area contributed by atoms with Gasteiger partial charge in [-0.3, -0.25) is 0 Å². The molecule has 0 amide bonds. The van der Waals surface area contributed by atoms with Gasteiger partial charge in [0, 0.05) is 10.9 Å². The SMILES string of the molecule is c1ccc(-c2nn3c4c(cccc24)B2c4c(cccc4-3)-c3cc4ccccc4c4cccc2c34)cc1. The summed E-state index contributed by atoms with van der Waals surface area (Å²) in [5.74, 6) is 0. The van der Waals surface area contributed by atoms with Crippen LogP contribution in [-0.2, 0) is 0 Å². The summed E-state index contributed by atoms with van der Waals surface area (Å²) in [6.07, 6.45) is 0. The Morgan fingerprint density at radius 2 is 1.33 bits per heavy atom. The number of para-hydroxylation sites is 1. The predicted molar refractivity (Wildman–Crippen MR) is 152 cm³/mol. The Bertz CT molecular complexity index is 2050. The van der Waals surface area contributed by atoms with E-state index in [2.05, 4.69) is 120 Å². The Morgan fingerprint density at radius 3 is 2.25 bits per heavy atom. The van der Waals surface area contributed by atoms with Crippen LogP contribution in [0.2, 0.25) is 0 Å². The summed E-state index contributed by atoms with van der Waals surface area (Å²) in [7, 11) is 0. The van der Waals surface area contributed by atoms with Gasteiger partial charge in [-0.1, -0.05) is 109 Å². The van der Waals surface area contributed by atoms with Crippen LogP contribution in [0.25, 0.3) is 60.5 Å². The van der Waals surface area contributed by atoms with Gasteiger partial charge in [-0.25, -0.2) is 4.68 Å². The molecule has 0 N–H and O–H groups in total. The fraction of sp³-hybridized carbons (Fsp3) is 0. The second-order valence-electron chi connectivity index (χ2n) is 9.96. The first-order valence-electron chi connectivity index (χ1n) is 12.5. The molecule has 1 aromatic heterocycles. The van der Waals surface area contributed by atoms with Crippen molar-refractivity contribution in [3.8, 4) is 28.1 Å². The lowest BCUT2D eigenvalue weighted by molar-refractivity contribution is 0.919. The minimum Gasteiger partial charge on any atom is -0.233 e. The number of benzene rings is 6. The van der Waals surface area contributed by atoms with Crippen LogP contribution in [0.5, 0.6) is 0 Å². The highest BCUT2D eigenvalue weighted by atomic mass is 15.3. The van der Waals surface area contributed by atoms with Gasteiger partial charge < -0.3 is 0 Å². The quantitative estimate of drug-likeness (QED) is 0.226. The van der Waals surface area contributed by atoms with Crippen molar-refractivity contribution in [2.75, 3.05) is 0 Å². The van der Waals surface area contributed by atoms with Gasteiger partial charge in [0.05, 0.1) is 11.2 Å². The fourth-order valence-electron chi connectivity index (χ4n) is 6.81. The van der Waals surface area contributed by atoms with Crippen molar-refractivity contribution < 1.29 is 0 Å². The third-order valence-corrected chi connectivity index (χ3v) is 8.21. The first-order chi connectivity index (χ1) is 17.9. The molecular weight excluding hydrogens is 435 g/mol. The van der Waals surface area contributed by atoms with Crippen molar-refractivity contribution in [1.29, 1.82) is 0 Å². The monoisotopic (exact) mass is 454 g/mol. The van der Waals surface area contributed by atoms with Gasteiger partial charge in [0.15, 0.2) is 0 Å². The van der Waals surface area contributed by atoms with Crippen LogP contribution in [-0.4, -0.2) is 16.5 Å². The Kier molecular flexibility index (Phi) is 3.38. The molecular formula is C33H19BN2. The molecule has 0 atom stereocenters. The highest BCUT2D eigenvalue weighted by Gasteiger charge is 2.39. The van der Waals surface area contributed by atoms with E-state index in [-0.39, 0.29) is 6.71 Å². The van der Waals surface area contributed by atoms with Gasteiger partial charge in [0.2, 0.25) is 6.71 Å². The van der Waals surface area contributed by atoms with Gasteiger partial charge in [-0.2, -0.15) is 5.10 Å². The van der Waals surface area contributed by atoms with Crippen molar-refractivity contribution in [3.63, 3.8) is 0 Å². The summed E-state index contributed by atoms with van der Waals surface area (Å²) in [6.45, 7) is 0.185. The van der Waals surface area contributed by atoms with E-state index in [1.54, 1.807) is 0 Å². The zero-order valence-electron chi connectivity index (χ0n) is 19.4. The van der Waals surface area contributed by atoms with Gasteiger partial charge in [-0.15, -0.1) is 0 Å². The lowest BCUT2D eigenvalue weighted by Crippen LogP contribution is -2.58. The van der Waals surface area contributed by atoms with E-state index < -0.39 is 0 Å². The summed E-state index contributed by atoms with van der Waals surface area (Å²) in [6, 6.07) is 42.1. The van der Waals surface area contributed by atoms with Crippen LogP contribution in [0.1, 0.15) is 0 Å². The lowest BCUT2D eigenvalue weighted by Gasteiger charge is -2.33. The molecule has 0 bridgehead atoms. The number of fused-ring (bicyclic) bond motifs is 6. The van der Waals surface area contributed by atoms with Crippen LogP contribution >= 0.6 is 0 Å². The highest BCUT2D eigenvalue weighted by Crippen LogP contribution is 2.39. The van der Waals surface area contributed by atoms with Gasteiger partial charge in [0.25, 0.3) is 0 Å². The van der Waals surface area contributed by atoms with Crippen molar-refractivity contribution in [1.82, 2.24) is 9.78 Å². The first kappa shape index (κ1) is 18.7. The maximum atomic E-state index is 5.24. The topological polar surface area (TPSA) is 17.8 Å². The molecule has 0 radical (unpaired) electrons. The number of aromatic nitrogens is 2. The molecule has 0 saturated heterocycles. The molecule has 36 heavy (non-hydrogen) atoms. The van der Waals surface area contributed by atoms with Gasteiger partial charge in [0.1, 0.15) is 5.69 Å². The number of nitrogens with zero attached hydrogens (tertiary/aromatic N) is 2. The molecule has 3 heteroatoms. The molecule has 3 heterocycles. The Hall–Kier alpha value is -4.63. The summed E-state index contributed by atoms with van der Waals surface area (Å²) >= 11 is 0. The van der Waals surface area contributed by atoms with E-state index in [1.165, 1.54) is 65.7 Å². The van der Waals surface area contributed by atoms with Crippen LogP contribution < -0.4 is 16.4 Å². The maximum Gasteiger partial charge on any atom is 0.248 e. The fourth-order valence-corrected chi connectivity index (χ4v) is 6.81. The van der Waals surface area contributed by atoms with Crippen molar-refractivity contribution in [2.45, 2.75) is 0 Å². The van der Waals surface area contributed by atoms with E-state index >= 15 is 0 Å². The number of hydrogen-bond donors (Lipinski definition) is 0. The van der Waals surface area contributed by atoms with E-state index in [0.29, 0.717) is 0 Å². The second kappa shape index (κ2) is 6.53. The van der Waals surface area contributed by atoms with Crippen molar-refractivity contribution in [2.24, 2.45) is 0 Å². The lowest BCUT2D eigenvalue weighted by atomic mass is 9.32. The molecule has 2 aliphatic rings. The van der Waals surface area contributed by atoms with Gasteiger partial charge in [-0.05, 0) is 55.7 Å². The molecule has 7 aromatic rings. The van der Waals surface area contributed by atoms with E-state index in [0.717, 1.165) is 11.3 Å². The minimum absolute atomic E-state index is 0.185. The standard InChI is InChI=1S/C33H19BN2/c1-2-9-20(10-3-1)32-25-15-7-17-28-33(25)36(35-32)29-18-8-14-24-26-19-21-11-4-5-12-22(21)23-13-6-16-27(30(23)26)34(28)31(24)29/h1-19H. The maximum absolute atomic E-state index is 5.24. The summed E-state index contributed by atoms with van der Waals surface area (Å²) in [5.41, 5.74) is 11.4. The minimum atomic E-state index is 0.185. The second-order valence-corrected chi connectivity index (χ2v) is 9.96. The molecule has 6 aromatic carbocycles. The molecule has 2 aliphatic heterocycles. The Labute approximate surface area is 208 Å². The van der Waals surface area contributed by atoms with Crippen molar-refractivity contribution in [3.05, 3.63) is 115 Å². The first-order valence-corrected chi connectivity index (χ1v) is 12.5. The third kappa shape index (κ3) is 2.17. The summed E-state index contributed by atoms with van der Waals surface area (Å²) in [4.78, 5) is 0. The molecule has 0 saturated carbocycles. The smallest absolute Gasteiger partial charge is 0.233 e. The number of rotatable bonds is 1. The molecule has 164 valence electrons. The van der Waals surface area contributed by atoms with Crippen LogP contribution in [0.15, 0.2) is 115 Å². The Morgan fingerprint density at radius 1 is 0.583 bits per heavy atom. The average Bonchev–Trinajstić information content (AvgIpc) is 3.34. The largest absolute Gasteiger partial charge is 0.248 e. The zero-order chi connectivity index (χ0) is 23.4. The molecule has 0 unspecified atom stereocenters. The predicted octanol–water partition coefficient (Wildman–Crippen LogP) is 5.81. The Balaban J connectivity index is 1.47. The normalized spacial score (nSPS) is 12.9. The molecule has 0 aliphatic carbocycles.